The molecule has 1 N–H and O–H groups in total. The normalized spacial score (nSPS) is 21.6. The van der Waals surface area contributed by atoms with Gasteiger partial charge in [-0.15, -0.1) is 0 Å². The van der Waals surface area contributed by atoms with Crippen molar-refractivity contribution in [2.45, 2.75) is 83.8 Å². The molecule has 0 radical (unpaired) electrons. The number of likely N-dealkylation sites (tertiary alicyclic amines) is 1. The van der Waals surface area contributed by atoms with Gasteiger partial charge in [-0.1, -0.05) is 19.3 Å². The van der Waals surface area contributed by atoms with Crippen molar-refractivity contribution in [3.8, 4) is 0 Å². The first-order valence-corrected chi connectivity index (χ1v) is 9.15. The molecule has 1 heterocycles. The molecular formula is C18H32N2O3. The van der Waals surface area contributed by atoms with Crippen molar-refractivity contribution in [1.29, 1.82) is 0 Å². The molecule has 5 heteroatoms. The molecule has 0 aromatic heterocycles. The molecule has 2 aliphatic rings. The summed E-state index contributed by atoms with van der Waals surface area (Å²) in [5.74, 6) is 0.327. The van der Waals surface area contributed by atoms with E-state index < -0.39 is 17.7 Å². The molecule has 0 aromatic carbocycles. The molecule has 1 atom stereocenters. The van der Waals surface area contributed by atoms with Gasteiger partial charge >= 0.3 is 6.09 Å². The average molecular weight is 324 g/mol. The minimum Gasteiger partial charge on any atom is -0.444 e. The van der Waals surface area contributed by atoms with Gasteiger partial charge in [0, 0.05) is 13.1 Å². The number of nitrogens with one attached hydrogen (secondary N) is 1. The van der Waals surface area contributed by atoms with Crippen LogP contribution in [0.4, 0.5) is 4.79 Å². The van der Waals surface area contributed by atoms with Crippen molar-refractivity contribution in [3.05, 3.63) is 0 Å². The highest BCUT2D eigenvalue weighted by atomic mass is 16.6. The number of carbonyl (C=O) groups excluding carboxylic acids is 2. The van der Waals surface area contributed by atoms with E-state index in [9.17, 15) is 9.59 Å². The fourth-order valence-electron chi connectivity index (χ4n) is 3.59. The standard InChI is InChI=1S/C18H32N2O3/c1-18(2,3)23-17(22)19-15(14-10-6-4-7-11-14)16(21)20-12-8-5-9-13-20/h14-15H,4-13H2,1-3H3,(H,19,22)/t15-/m0/s1. The van der Waals surface area contributed by atoms with Crippen LogP contribution in [0, 0.1) is 5.92 Å². The summed E-state index contributed by atoms with van der Waals surface area (Å²) in [5, 5.41) is 2.89. The number of ether oxygens (including phenoxy) is 1. The SMILES string of the molecule is CC(C)(C)OC(=O)N[C@H](C(=O)N1CCCCC1)C1CCCCC1. The van der Waals surface area contributed by atoms with Gasteiger partial charge in [0.2, 0.25) is 5.91 Å². The highest BCUT2D eigenvalue weighted by Gasteiger charge is 2.35. The van der Waals surface area contributed by atoms with Crippen LogP contribution in [-0.2, 0) is 9.53 Å². The third kappa shape index (κ3) is 5.70. The van der Waals surface area contributed by atoms with Crippen LogP contribution >= 0.6 is 0 Å². The summed E-state index contributed by atoms with van der Waals surface area (Å²) in [5.41, 5.74) is -0.546. The fourth-order valence-corrected chi connectivity index (χ4v) is 3.59. The molecule has 132 valence electrons. The van der Waals surface area contributed by atoms with Crippen molar-refractivity contribution >= 4 is 12.0 Å². The van der Waals surface area contributed by atoms with Crippen LogP contribution in [0.2, 0.25) is 0 Å². The predicted molar refractivity (Wildman–Crippen MR) is 90.2 cm³/mol. The van der Waals surface area contributed by atoms with E-state index >= 15 is 0 Å². The average Bonchev–Trinajstić information content (AvgIpc) is 2.52. The summed E-state index contributed by atoms with van der Waals surface area (Å²) in [7, 11) is 0. The molecule has 0 aromatic rings. The second-order valence-corrected chi connectivity index (χ2v) is 7.91. The molecule has 0 unspecified atom stereocenters. The zero-order valence-corrected chi connectivity index (χ0v) is 14.9. The van der Waals surface area contributed by atoms with Crippen molar-refractivity contribution in [2.24, 2.45) is 5.92 Å². The summed E-state index contributed by atoms with van der Waals surface area (Å²) < 4.78 is 5.38. The first kappa shape index (κ1) is 18.1. The summed E-state index contributed by atoms with van der Waals surface area (Å²) in [4.78, 5) is 27.1. The van der Waals surface area contributed by atoms with Gasteiger partial charge in [-0.2, -0.15) is 0 Å². The lowest BCUT2D eigenvalue weighted by Crippen LogP contribution is -2.54. The van der Waals surface area contributed by atoms with Crippen LogP contribution in [0.25, 0.3) is 0 Å². The van der Waals surface area contributed by atoms with Crippen LogP contribution in [0.15, 0.2) is 0 Å². The number of carbonyl (C=O) groups is 2. The Bertz CT molecular complexity index is 405. The third-order valence-corrected chi connectivity index (χ3v) is 4.73. The predicted octanol–water partition coefficient (Wildman–Crippen LogP) is 3.47. The zero-order chi connectivity index (χ0) is 16.9. The lowest BCUT2D eigenvalue weighted by Gasteiger charge is -2.36. The van der Waals surface area contributed by atoms with Crippen molar-refractivity contribution in [2.75, 3.05) is 13.1 Å². The number of piperidine rings is 1. The molecule has 2 fully saturated rings. The van der Waals surface area contributed by atoms with Crippen LogP contribution < -0.4 is 5.32 Å². The molecule has 1 saturated heterocycles. The highest BCUT2D eigenvalue weighted by Crippen LogP contribution is 2.28. The monoisotopic (exact) mass is 324 g/mol. The second-order valence-electron chi connectivity index (χ2n) is 7.91. The van der Waals surface area contributed by atoms with Gasteiger partial charge < -0.3 is 15.0 Å². The first-order chi connectivity index (χ1) is 10.9. The Morgan fingerprint density at radius 1 is 1.00 bits per heavy atom. The molecule has 2 rings (SSSR count). The van der Waals surface area contributed by atoms with E-state index in [4.69, 9.17) is 4.74 Å². The number of hydrogen-bond donors (Lipinski definition) is 1. The van der Waals surface area contributed by atoms with E-state index in [1.165, 1.54) is 12.8 Å². The van der Waals surface area contributed by atoms with Gasteiger partial charge in [0.05, 0.1) is 0 Å². The third-order valence-electron chi connectivity index (χ3n) is 4.73. The van der Waals surface area contributed by atoms with E-state index in [0.29, 0.717) is 0 Å². The van der Waals surface area contributed by atoms with Gasteiger partial charge in [-0.3, -0.25) is 4.79 Å². The Kier molecular flexibility index (Phi) is 6.31. The minimum absolute atomic E-state index is 0.0856. The highest BCUT2D eigenvalue weighted by molar-refractivity contribution is 5.86. The van der Waals surface area contributed by atoms with E-state index in [1.54, 1.807) is 0 Å². The van der Waals surface area contributed by atoms with Gasteiger partial charge in [0.1, 0.15) is 11.6 Å². The lowest BCUT2D eigenvalue weighted by molar-refractivity contribution is -0.136. The molecule has 5 nitrogen and oxygen atoms in total. The maximum atomic E-state index is 13.0. The summed E-state index contributed by atoms with van der Waals surface area (Å²) in [6, 6.07) is -0.428. The van der Waals surface area contributed by atoms with E-state index in [2.05, 4.69) is 5.32 Å². The van der Waals surface area contributed by atoms with Crippen molar-refractivity contribution in [1.82, 2.24) is 10.2 Å². The molecule has 23 heavy (non-hydrogen) atoms. The largest absolute Gasteiger partial charge is 0.444 e. The Balaban J connectivity index is 2.04. The van der Waals surface area contributed by atoms with Crippen molar-refractivity contribution < 1.29 is 14.3 Å². The maximum Gasteiger partial charge on any atom is 0.408 e. The molecule has 1 aliphatic heterocycles. The van der Waals surface area contributed by atoms with E-state index in [0.717, 1.165) is 51.6 Å². The van der Waals surface area contributed by atoms with Crippen LogP contribution in [0.1, 0.15) is 72.1 Å². The second kappa shape index (κ2) is 8.02. The molecular weight excluding hydrogens is 292 g/mol. The Labute approximate surface area is 140 Å². The Morgan fingerprint density at radius 3 is 2.13 bits per heavy atom. The minimum atomic E-state index is -0.546. The fraction of sp³-hybridized carbons (Fsp3) is 0.889. The van der Waals surface area contributed by atoms with Crippen LogP contribution in [0.3, 0.4) is 0 Å². The number of nitrogens with zero attached hydrogens (tertiary/aromatic N) is 1. The molecule has 0 spiro atoms. The van der Waals surface area contributed by atoms with E-state index in [1.807, 2.05) is 25.7 Å². The van der Waals surface area contributed by atoms with Gasteiger partial charge in [0.25, 0.3) is 0 Å². The molecule has 1 saturated carbocycles. The maximum absolute atomic E-state index is 13.0. The summed E-state index contributed by atoms with van der Waals surface area (Å²) in [6.45, 7) is 7.16. The van der Waals surface area contributed by atoms with E-state index in [-0.39, 0.29) is 11.8 Å². The Morgan fingerprint density at radius 2 is 1.57 bits per heavy atom. The molecule has 0 bridgehead atoms. The Hall–Kier alpha value is -1.26. The van der Waals surface area contributed by atoms with Gasteiger partial charge in [-0.05, 0) is 58.8 Å². The number of amides is 2. The smallest absolute Gasteiger partial charge is 0.408 e. The topological polar surface area (TPSA) is 58.6 Å². The quantitative estimate of drug-likeness (QED) is 0.865. The number of hydrogen-bond acceptors (Lipinski definition) is 3. The van der Waals surface area contributed by atoms with Crippen LogP contribution in [-0.4, -0.2) is 41.6 Å². The number of alkyl carbamates (subject to hydrolysis) is 1. The van der Waals surface area contributed by atoms with Crippen LogP contribution in [0.5, 0.6) is 0 Å². The lowest BCUT2D eigenvalue weighted by atomic mass is 9.83. The summed E-state index contributed by atoms with van der Waals surface area (Å²) >= 11 is 0. The first-order valence-electron chi connectivity index (χ1n) is 9.15. The molecule has 1 aliphatic carbocycles. The summed E-state index contributed by atoms with van der Waals surface area (Å²) in [6.07, 6.45) is 8.39. The van der Waals surface area contributed by atoms with Crippen molar-refractivity contribution in [3.63, 3.8) is 0 Å². The van der Waals surface area contributed by atoms with Gasteiger partial charge in [0.15, 0.2) is 0 Å². The molecule has 2 amide bonds. The van der Waals surface area contributed by atoms with Gasteiger partial charge in [-0.25, -0.2) is 4.79 Å². The number of rotatable bonds is 3. The zero-order valence-electron chi connectivity index (χ0n) is 14.9.